The average Bonchev–Trinajstić information content (AvgIpc) is 2.93. The van der Waals surface area contributed by atoms with Gasteiger partial charge >= 0.3 is 0 Å². The minimum atomic E-state index is -3.74. The maximum atomic E-state index is 12.7. The molecule has 0 fully saturated rings. The van der Waals surface area contributed by atoms with Crippen LogP contribution in [0, 0.1) is 13.8 Å². The van der Waals surface area contributed by atoms with Crippen LogP contribution in [0.2, 0.25) is 0 Å². The highest BCUT2D eigenvalue weighted by Crippen LogP contribution is 2.23. The second-order valence-corrected chi connectivity index (χ2v) is 8.08. The normalized spacial score (nSPS) is 15.0. The van der Waals surface area contributed by atoms with E-state index in [9.17, 15) is 13.2 Å². The van der Waals surface area contributed by atoms with Gasteiger partial charge in [-0.2, -0.15) is 0 Å². The van der Waals surface area contributed by atoms with Gasteiger partial charge in [0.2, 0.25) is 0 Å². The van der Waals surface area contributed by atoms with Gasteiger partial charge in [-0.05, 0) is 56.5 Å². The van der Waals surface area contributed by atoms with Crippen LogP contribution in [0.3, 0.4) is 0 Å². The summed E-state index contributed by atoms with van der Waals surface area (Å²) in [5, 5.41) is 0. The molecule has 1 aliphatic heterocycles. The Balaban J connectivity index is 1.92. The lowest BCUT2D eigenvalue weighted by molar-refractivity contribution is 0.0766. The minimum absolute atomic E-state index is 0.118. The Morgan fingerprint density at radius 1 is 1.12 bits per heavy atom. The van der Waals surface area contributed by atoms with E-state index in [1.54, 1.807) is 27.8 Å². The van der Waals surface area contributed by atoms with Crippen LogP contribution in [0.5, 0.6) is 0 Å². The average molecular weight is 361 g/mol. The number of carbonyl (C=O) groups is 1. The molecule has 1 N–H and O–H groups in total. The Hall–Kier alpha value is -2.28. The van der Waals surface area contributed by atoms with Gasteiger partial charge in [0.1, 0.15) is 10.6 Å². The predicted octanol–water partition coefficient (Wildman–Crippen LogP) is 2.77. The topological polar surface area (TPSA) is 71.4 Å². The molecule has 0 bridgehead atoms. The van der Waals surface area contributed by atoms with Gasteiger partial charge in [0.05, 0.1) is 0 Å². The van der Waals surface area contributed by atoms with E-state index in [0.29, 0.717) is 31.0 Å². The molecule has 0 unspecified atom stereocenters. The zero-order valence-electron chi connectivity index (χ0n) is 14.7. The molecule has 7 heteroatoms. The van der Waals surface area contributed by atoms with Crippen molar-refractivity contribution in [3.05, 3.63) is 47.3 Å². The summed E-state index contributed by atoms with van der Waals surface area (Å²) >= 11 is 0. The highest BCUT2D eigenvalue weighted by Gasteiger charge is 2.26. The van der Waals surface area contributed by atoms with Crippen LogP contribution in [0.25, 0.3) is 0 Å². The number of rotatable bonds is 4. The number of aryl methyl sites for hydroxylation is 3. The van der Waals surface area contributed by atoms with Crippen LogP contribution in [0.15, 0.2) is 35.4 Å². The number of amides is 1. The van der Waals surface area contributed by atoms with Crippen LogP contribution >= 0.6 is 0 Å². The molecule has 6 nitrogen and oxygen atoms in total. The van der Waals surface area contributed by atoms with Gasteiger partial charge in [-0.25, -0.2) is 8.42 Å². The van der Waals surface area contributed by atoms with Crippen LogP contribution in [-0.2, 0) is 16.6 Å². The number of sulfonamides is 1. The summed E-state index contributed by atoms with van der Waals surface area (Å²) < 4.78 is 29.8. The number of anilines is 1. The number of fused-ring (bicyclic) bond motifs is 1. The van der Waals surface area contributed by atoms with E-state index in [0.717, 1.165) is 17.5 Å². The Labute approximate surface area is 148 Å². The monoisotopic (exact) mass is 361 g/mol. The first-order valence-electron chi connectivity index (χ1n) is 8.41. The second kappa shape index (κ2) is 6.55. The lowest BCUT2D eigenvalue weighted by Gasteiger charge is -2.17. The number of hydrogen-bond acceptors (Lipinski definition) is 3. The van der Waals surface area contributed by atoms with Crippen LogP contribution < -0.4 is 4.72 Å². The number of aromatic nitrogens is 1. The van der Waals surface area contributed by atoms with Crippen molar-refractivity contribution in [2.45, 2.75) is 38.6 Å². The molecule has 2 aromatic rings. The molecular formula is C18H23N3O3S. The molecule has 2 heterocycles. The molecular weight excluding hydrogens is 338 g/mol. The molecule has 1 aromatic carbocycles. The van der Waals surface area contributed by atoms with Crippen molar-refractivity contribution in [1.82, 2.24) is 9.47 Å². The lowest BCUT2D eigenvalue weighted by Crippen LogP contribution is -2.30. The predicted molar refractivity (Wildman–Crippen MR) is 97.4 cm³/mol. The molecule has 0 atom stereocenters. The second-order valence-electron chi connectivity index (χ2n) is 6.40. The fraction of sp³-hybridized carbons (Fsp3) is 0.389. The Morgan fingerprint density at radius 2 is 1.88 bits per heavy atom. The van der Waals surface area contributed by atoms with Crippen molar-refractivity contribution in [2.24, 2.45) is 0 Å². The number of nitrogens with zero attached hydrogens (tertiary/aromatic N) is 2. The van der Waals surface area contributed by atoms with Crippen LogP contribution in [-0.4, -0.2) is 36.9 Å². The van der Waals surface area contributed by atoms with E-state index >= 15 is 0 Å². The van der Waals surface area contributed by atoms with Gasteiger partial charge in [-0.1, -0.05) is 6.07 Å². The summed E-state index contributed by atoms with van der Waals surface area (Å²) in [6.45, 7) is 7.79. The van der Waals surface area contributed by atoms with Crippen molar-refractivity contribution in [3.63, 3.8) is 0 Å². The van der Waals surface area contributed by atoms with Gasteiger partial charge in [0, 0.05) is 31.5 Å². The van der Waals surface area contributed by atoms with Gasteiger partial charge < -0.3 is 9.47 Å². The molecule has 1 amide bonds. The summed E-state index contributed by atoms with van der Waals surface area (Å²) in [4.78, 5) is 14.4. The molecule has 0 saturated heterocycles. The lowest BCUT2D eigenvalue weighted by atomic mass is 10.1. The molecule has 25 heavy (non-hydrogen) atoms. The quantitative estimate of drug-likeness (QED) is 0.910. The molecule has 3 rings (SSSR count). The Bertz CT molecular complexity index is 916. The molecule has 1 aliphatic rings. The third-order valence-electron chi connectivity index (χ3n) is 4.66. The standard InChI is InChI=1S/C18H23N3O3S/c1-4-20-8-5-9-21-12-16(11-17(21)18(20)22)25(23,24)19-15-7-6-13(2)14(3)10-15/h6-7,10-12,19H,4-5,8-9H2,1-3H3. The highest BCUT2D eigenvalue weighted by atomic mass is 32.2. The van der Waals surface area contributed by atoms with Gasteiger partial charge in [-0.15, -0.1) is 0 Å². The van der Waals surface area contributed by atoms with E-state index < -0.39 is 10.0 Å². The summed E-state index contributed by atoms with van der Waals surface area (Å²) in [6.07, 6.45) is 2.36. The fourth-order valence-electron chi connectivity index (χ4n) is 3.01. The maximum Gasteiger partial charge on any atom is 0.270 e. The van der Waals surface area contributed by atoms with Crippen molar-refractivity contribution in [1.29, 1.82) is 0 Å². The zero-order valence-corrected chi connectivity index (χ0v) is 15.6. The molecule has 134 valence electrons. The molecule has 1 aromatic heterocycles. The van der Waals surface area contributed by atoms with Crippen molar-refractivity contribution < 1.29 is 13.2 Å². The van der Waals surface area contributed by atoms with Crippen molar-refractivity contribution in [3.8, 4) is 0 Å². The summed E-state index contributed by atoms with van der Waals surface area (Å²) in [5.74, 6) is -0.118. The fourth-order valence-corrected chi connectivity index (χ4v) is 4.10. The molecule has 0 aliphatic carbocycles. The zero-order chi connectivity index (χ0) is 18.2. The van der Waals surface area contributed by atoms with Crippen LogP contribution in [0.4, 0.5) is 5.69 Å². The van der Waals surface area contributed by atoms with Gasteiger partial charge in [0.15, 0.2) is 0 Å². The highest BCUT2D eigenvalue weighted by molar-refractivity contribution is 7.92. The first kappa shape index (κ1) is 17.5. The Morgan fingerprint density at radius 3 is 2.56 bits per heavy atom. The summed E-state index contributed by atoms with van der Waals surface area (Å²) in [5.41, 5.74) is 3.07. The SMILES string of the molecule is CCN1CCCn2cc(S(=O)(=O)Nc3ccc(C)c(C)c3)cc2C1=O. The minimum Gasteiger partial charge on any atom is -0.342 e. The van der Waals surface area contributed by atoms with E-state index in [1.807, 2.05) is 26.8 Å². The van der Waals surface area contributed by atoms with Crippen molar-refractivity contribution in [2.75, 3.05) is 17.8 Å². The Kier molecular flexibility index (Phi) is 4.60. The van der Waals surface area contributed by atoms with E-state index in [2.05, 4.69) is 4.72 Å². The number of nitrogens with one attached hydrogen (secondary N) is 1. The summed E-state index contributed by atoms with van der Waals surface area (Å²) in [6, 6.07) is 6.90. The molecule has 0 spiro atoms. The first-order valence-corrected chi connectivity index (χ1v) is 9.89. The maximum absolute atomic E-state index is 12.7. The third kappa shape index (κ3) is 3.42. The van der Waals surface area contributed by atoms with E-state index in [1.165, 1.54) is 6.07 Å². The largest absolute Gasteiger partial charge is 0.342 e. The third-order valence-corrected chi connectivity index (χ3v) is 6.00. The first-order chi connectivity index (χ1) is 11.8. The van der Waals surface area contributed by atoms with Crippen molar-refractivity contribution >= 4 is 21.6 Å². The van der Waals surface area contributed by atoms with Crippen LogP contribution in [0.1, 0.15) is 35.0 Å². The van der Waals surface area contributed by atoms with E-state index in [4.69, 9.17) is 0 Å². The number of carbonyl (C=O) groups excluding carboxylic acids is 1. The van der Waals surface area contributed by atoms with Gasteiger partial charge in [-0.3, -0.25) is 9.52 Å². The van der Waals surface area contributed by atoms with Gasteiger partial charge in [0.25, 0.3) is 15.9 Å². The molecule has 0 saturated carbocycles. The smallest absolute Gasteiger partial charge is 0.270 e. The number of hydrogen-bond donors (Lipinski definition) is 1. The molecule has 0 radical (unpaired) electrons. The number of benzene rings is 1. The van der Waals surface area contributed by atoms with E-state index in [-0.39, 0.29) is 10.8 Å². The summed E-state index contributed by atoms with van der Waals surface area (Å²) in [7, 11) is -3.74.